The summed E-state index contributed by atoms with van der Waals surface area (Å²) in [6, 6.07) is 16.7. The van der Waals surface area contributed by atoms with Crippen LogP contribution in [0.3, 0.4) is 0 Å². The van der Waals surface area contributed by atoms with Gasteiger partial charge in [0.1, 0.15) is 17.4 Å². The van der Waals surface area contributed by atoms with Crippen molar-refractivity contribution < 1.29 is 19.4 Å². The number of carbonyl (C=O) groups is 1. The third-order valence-electron chi connectivity index (χ3n) is 4.60. The molecule has 11 heteroatoms. The van der Waals surface area contributed by atoms with E-state index in [1.54, 1.807) is 24.3 Å². The molecule has 0 aliphatic heterocycles. The Morgan fingerprint density at radius 3 is 2.38 bits per heavy atom. The predicted octanol–water partition coefficient (Wildman–Crippen LogP) is 5.91. The van der Waals surface area contributed by atoms with Crippen molar-refractivity contribution in [2.45, 2.75) is 6.92 Å². The second-order valence-electron chi connectivity index (χ2n) is 6.90. The molecule has 0 unspecified atom stereocenters. The van der Waals surface area contributed by atoms with Gasteiger partial charge >= 0.3 is 5.69 Å². The fourth-order valence-corrected chi connectivity index (χ4v) is 3.35. The second-order valence-corrected chi connectivity index (χ2v) is 7.75. The van der Waals surface area contributed by atoms with Gasteiger partial charge < -0.3 is 10.1 Å². The van der Waals surface area contributed by atoms with Crippen molar-refractivity contribution in [2.75, 3.05) is 5.32 Å². The first-order valence-corrected chi connectivity index (χ1v) is 10.4. The number of carbonyl (C=O) groups excluding carboxylic acids is 1. The van der Waals surface area contributed by atoms with Gasteiger partial charge in [-0.2, -0.15) is 5.26 Å². The lowest BCUT2D eigenvalue weighted by molar-refractivity contribution is -0.394. The molecular weight excluding hydrogens is 508 g/mol. The van der Waals surface area contributed by atoms with E-state index in [1.165, 1.54) is 12.1 Å². The van der Waals surface area contributed by atoms with Crippen LogP contribution in [0, 0.1) is 38.5 Å². The number of anilines is 1. The molecule has 10 nitrogen and oxygen atoms in total. The van der Waals surface area contributed by atoms with E-state index in [9.17, 15) is 30.3 Å². The van der Waals surface area contributed by atoms with Crippen molar-refractivity contribution in [1.29, 1.82) is 5.26 Å². The van der Waals surface area contributed by atoms with Crippen LogP contribution in [0.5, 0.6) is 11.5 Å². The fourth-order valence-electron chi connectivity index (χ4n) is 2.87. The number of nitrogens with one attached hydrogen (secondary N) is 1. The first-order valence-electron chi connectivity index (χ1n) is 9.58. The van der Waals surface area contributed by atoms with Crippen molar-refractivity contribution in [3.05, 3.63) is 102 Å². The Bertz CT molecular complexity index is 1380. The summed E-state index contributed by atoms with van der Waals surface area (Å²) in [6.45, 7) is 1.83. The number of nitro benzene ring substituents is 2. The summed E-state index contributed by atoms with van der Waals surface area (Å²) < 4.78 is 5.97. The standard InChI is InChI=1S/C23H15BrN4O6/c1-14-4-2-3-5-19(14)26-23(29)16(13-25)10-15-6-8-21(18(24)11-15)34-22-9-7-17(27(30)31)12-20(22)28(32)33/h2-12H,1H3,(H,26,29)/b16-10+. The lowest BCUT2D eigenvalue weighted by atomic mass is 10.1. The third-order valence-corrected chi connectivity index (χ3v) is 5.21. The van der Waals surface area contributed by atoms with E-state index in [0.29, 0.717) is 15.7 Å². The number of para-hydroxylation sites is 1. The minimum Gasteiger partial charge on any atom is -0.449 e. The summed E-state index contributed by atoms with van der Waals surface area (Å²) in [5.41, 5.74) is 0.793. The summed E-state index contributed by atoms with van der Waals surface area (Å²) in [7, 11) is 0. The molecule has 170 valence electrons. The van der Waals surface area contributed by atoms with E-state index in [0.717, 1.165) is 23.8 Å². The molecular formula is C23H15BrN4O6. The maximum atomic E-state index is 12.5. The largest absolute Gasteiger partial charge is 0.449 e. The van der Waals surface area contributed by atoms with Crippen LogP contribution >= 0.6 is 15.9 Å². The van der Waals surface area contributed by atoms with Gasteiger partial charge in [0.25, 0.3) is 11.6 Å². The number of hydrogen-bond donors (Lipinski definition) is 1. The Hall–Kier alpha value is -4.56. The van der Waals surface area contributed by atoms with Gasteiger partial charge in [-0.25, -0.2) is 0 Å². The van der Waals surface area contributed by atoms with Crippen LogP contribution < -0.4 is 10.1 Å². The molecule has 3 aromatic carbocycles. The van der Waals surface area contributed by atoms with E-state index < -0.39 is 27.1 Å². The summed E-state index contributed by atoms with van der Waals surface area (Å²) in [6.07, 6.45) is 1.39. The molecule has 0 heterocycles. The molecule has 0 atom stereocenters. The summed E-state index contributed by atoms with van der Waals surface area (Å²) in [4.78, 5) is 33.2. The molecule has 0 saturated carbocycles. The molecule has 1 N–H and O–H groups in total. The molecule has 0 aliphatic carbocycles. The van der Waals surface area contributed by atoms with E-state index in [2.05, 4.69) is 21.2 Å². The summed E-state index contributed by atoms with van der Waals surface area (Å²) >= 11 is 3.30. The van der Waals surface area contributed by atoms with Gasteiger partial charge in [-0.3, -0.25) is 25.0 Å². The molecule has 0 saturated heterocycles. The summed E-state index contributed by atoms with van der Waals surface area (Å²) in [5.74, 6) is -0.568. The number of benzene rings is 3. The minimum absolute atomic E-state index is 0.130. The zero-order valence-electron chi connectivity index (χ0n) is 17.5. The zero-order chi connectivity index (χ0) is 24.8. The van der Waals surface area contributed by atoms with Crippen molar-refractivity contribution in [2.24, 2.45) is 0 Å². The maximum absolute atomic E-state index is 12.5. The zero-order valence-corrected chi connectivity index (χ0v) is 19.1. The Balaban J connectivity index is 1.85. The molecule has 0 bridgehead atoms. The number of nitro groups is 2. The highest BCUT2D eigenvalue weighted by atomic mass is 79.9. The number of hydrogen-bond acceptors (Lipinski definition) is 7. The molecule has 0 radical (unpaired) electrons. The third kappa shape index (κ3) is 5.62. The monoisotopic (exact) mass is 522 g/mol. The average molecular weight is 523 g/mol. The highest BCUT2D eigenvalue weighted by Crippen LogP contribution is 2.37. The van der Waals surface area contributed by atoms with Gasteiger partial charge in [-0.15, -0.1) is 0 Å². The Morgan fingerprint density at radius 2 is 1.76 bits per heavy atom. The van der Waals surface area contributed by atoms with E-state index in [4.69, 9.17) is 4.74 Å². The van der Waals surface area contributed by atoms with Crippen molar-refractivity contribution in [1.82, 2.24) is 0 Å². The van der Waals surface area contributed by atoms with Crippen molar-refractivity contribution in [3.8, 4) is 17.6 Å². The van der Waals surface area contributed by atoms with Crippen LogP contribution in [-0.4, -0.2) is 15.8 Å². The van der Waals surface area contributed by atoms with Crippen LogP contribution in [0.25, 0.3) is 6.08 Å². The van der Waals surface area contributed by atoms with Crippen LogP contribution in [0.2, 0.25) is 0 Å². The highest BCUT2D eigenvalue weighted by Gasteiger charge is 2.22. The van der Waals surface area contributed by atoms with Gasteiger partial charge in [0.15, 0.2) is 0 Å². The molecule has 3 rings (SSSR count). The Kier molecular flexibility index (Phi) is 7.35. The first kappa shape index (κ1) is 24.1. The lowest BCUT2D eigenvalue weighted by Gasteiger charge is -2.09. The fraction of sp³-hybridized carbons (Fsp3) is 0.0435. The molecule has 0 spiro atoms. The molecule has 0 aromatic heterocycles. The lowest BCUT2D eigenvalue weighted by Crippen LogP contribution is -2.14. The first-order chi connectivity index (χ1) is 16.2. The maximum Gasteiger partial charge on any atom is 0.318 e. The minimum atomic E-state index is -0.778. The molecule has 1 amide bonds. The quantitative estimate of drug-likeness (QED) is 0.175. The number of aryl methyl sites for hydroxylation is 1. The Morgan fingerprint density at radius 1 is 1.06 bits per heavy atom. The topological polar surface area (TPSA) is 148 Å². The van der Waals surface area contributed by atoms with Crippen LogP contribution in [-0.2, 0) is 4.79 Å². The number of amides is 1. The smallest absolute Gasteiger partial charge is 0.318 e. The molecule has 0 aliphatic rings. The average Bonchev–Trinajstić information content (AvgIpc) is 2.80. The number of nitrogens with zero attached hydrogens (tertiary/aromatic N) is 3. The normalized spacial score (nSPS) is 10.8. The van der Waals surface area contributed by atoms with E-state index in [-0.39, 0.29) is 17.1 Å². The SMILES string of the molecule is Cc1ccccc1NC(=O)/C(C#N)=C/c1ccc(Oc2ccc([N+](=O)[O-])cc2[N+](=O)[O-])c(Br)c1. The van der Waals surface area contributed by atoms with Gasteiger partial charge in [-0.05, 0) is 64.3 Å². The second kappa shape index (κ2) is 10.4. The number of halogens is 1. The van der Waals surface area contributed by atoms with E-state index >= 15 is 0 Å². The number of ether oxygens (including phenoxy) is 1. The van der Waals surface area contributed by atoms with Crippen LogP contribution in [0.1, 0.15) is 11.1 Å². The van der Waals surface area contributed by atoms with Gasteiger partial charge in [0.05, 0.1) is 20.4 Å². The highest BCUT2D eigenvalue weighted by molar-refractivity contribution is 9.10. The molecule has 34 heavy (non-hydrogen) atoms. The van der Waals surface area contributed by atoms with Gasteiger partial charge in [0, 0.05) is 11.8 Å². The van der Waals surface area contributed by atoms with Crippen LogP contribution in [0.15, 0.2) is 70.7 Å². The van der Waals surface area contributed by atoms with E-state index in [1.807, 2.05) is 25.1 Å². The number of nitriles is 1. The number of rotatable bonds is 7. The number of non-ortho nitro benzene ring substituents is 1. The van der Waals surface area contributed by atoms with Crippen molar-refractivity contribution in [3.63, 3.8) is 0 Å². The van der Waals surface area contributed by atoms with Crippen LogP contribution in [0.4, 0.5) is 17.1 Å². The molecule has 0 fully saturated rings. The Labute approximate surface area is 201 Å². The van der Waals surface area contributed by atoms with Gasteiger partial charge in [-0.1, -0.05) is 24.3 Å². The predicted molar refractivity (Wildman–Crippen MR) is 127 cm³/mol. The molecule has 3 aromatic rings. The summed E-state index contributed by atoms with van der Waals surface area (Å²) in [5, 5.41) is 34.3. The van der Waals surface area contributed by atoms with Crippen molar-refractivity contribution >= 4 is 45.0 Å². The van der Waals surface area contributed by atoms with Gasteiger partial charge in [0.2, 0.25) is 5.75 Å².